The molecule has 0 fully saturated rings. The van der Waals surface area contributed by atoms with E-state index < -0.39 is 0 Å². The van der Waals surface area contributed by atoms with Crippen LogP contribution in [0.1, 0.15) is 30.7 Å². The Morgan fingerprint density at radius 2 is 1.90 bits per heavy atom. The maximum atomic E-state index is 11.6. The third kappa shape index (κ3) is 6.35. The molecule has 0 saturated carbocycles. The van der Waals surface area contributed by atoms with Crippen LogP contribution in [0.15, 0.2) is 24.9 Å². The number of nitrogens with zero attached hydrogens (tertiary/aromatic N) is 1. The molecule has 0 radical (unpaired) electrons. The standard InChI is InChI=1S/C15H21N3O2S/c1-5-12(19)16-8-9-17-13(20)7-6-11-10-18-14(21-11)15(2,3)4/h5-7,10H,1,8-9H2,2-4H3,(H,16,19)(H,17,20). The summed E-state index contributed by atoms with van der Waals surface area (Å²) < 4.78 is 0. The molecule has 6 heteroatoms. The minimum Gasteiger partial charge on any atom is -0.351 e. The Bertz CT molecular complexity index is 541. The smallest absolute Gasteiger partial charge is 0.244 e. The summed E-state index contributed by atoms with van der Waals surface area (Å²) in [6.07, 6.45) is 6.16. The molecule has 114 valence electrons. The fourth-order valence-electron chi connectivity index (χ4n) is 1.37. The highest BCUT2D eigenvalue weighted by Gasteiger charge is 2.17. The third-order valence-corrected chi connectivity index (χ3v) is 3.86. The van der Waals surface area contributed by atoms with Crippen molar-refractivity contribution in [3.63, 3.8) is 0 Å². The number of carbonyl (C=O) groups excluding carboxylic acids is 2. The van der Waals surface area contributed by atoms with Gasteiger partial charge in [-0.3, -0.25) is 9.59 Å². The summed E-state index contributed by atoms with van der Waals surface area (Å²) in [6.45, 7) is 10.4. The molecular formula is C15H21N3O2S. The summed E-state index contributed by atoms with van der Waals surface area (Å²) in [5.41, 5.74) is 0.0162. The minimum atomic E-state index is -0.251. The molecule has 1 aromatic heterocycles. The predicted molar refractivity (Wildman–Crippen MR) is 86.1 cm³/mol. The van der Waals surface area contributed by atoms with E-state index in [1.54, 1.807) is 23.6 Å². The minimum absolute atomic E-state index is 0.0162. The second kappa shape index (κ2) is 7.73. The van der Waals surface area contributed by atoms with Crippen molar-refractivity contribution in [2.24, 2.45) is 0 Å². The Morgan fingerprint density at radius 1 is 1.29 bits per heavy atom. The van der Waals surface area contributed by atoms with Gasteiger partial charge >= 0.3 is 0 Å². The van der Waals surface area contributed by atoms with E-state index in [1.807, 2.05) is 0 Å². The highest BCUT2D eigenvalue weighted by molar-refractivity contribution is 7.12. The lowest BCUT2D eigenvalue weighted by Gasteiger charge is -2.13. The van der Waals surface area contributed by atoms with E-state index >= 15 is 0 Å². The van der Waals surface area contributed by atoms with Gasteiger partial charge < -0.3 is 10.6 Å². The Hall–Kier alpha value is -1.95. The molecule has 1 rings (SSSR count). The summed E-state index contributed by atoms with van der Waals surface area (Å²) in [5, 5.41) is 6.29. The highest BCUT2D eigenvalue weighted by Crippen LogP contribution is 2.27. The van der Waals surface area contributed by atoms with Crippen LogP contribution in [-0.2, 0) is 15.0 Å². The molecule has 0 bridgehead atoms. The second-order valence-electron chi connectivity index (χ2n) is 5.44. The van der Waals surface area contributed by atoms with Crippen LogP contribution in [0.4, 0.5) is 0 Å². The van der Waals surface area contributed by atoms with Crippen LogP contribution in [-0.4, -0.2) is 29.9 Å². The number of thiazole rings is 1. The van der Waals surface area contributed by atoms with Gasteiger partial charge in [0.25, 0.3) is 0 Å². The van der Waals surface area contributed by atoms with Gasteiger partial charge in [-0.05, 0) is 12.2 Å². The topological polar surface area (TPSA) is 71.1 Å². The van der Waals surface area contributed by atoms with Crippen LogP contribution in [0.25, 0.3) is 6.08 Å². The number of nitrogens with one attached hydrogen (secondary N) is 2. The number of rotatable bonds is 6. The molecule has 21 heavy (non-hydrogen) atoms. The first kappa shape index (κ1) is 17.1. The van der Waals surface area contributed by atoms with E-state index in [1.165, 1.54) is 12.2 Å². The molecule has 0 spiro atoms. The molecule has 0 aliphatic heterocycles. The van der Waals surface area contributed by atoms with Crippen LogP contribution >= 0.6 is 11.3 Å². The van der Waals surface area contributed by atoms with Crippen LogP contribution in [0.5, 0.6) is 0 Å². The molecule has 1 heterocycles. The number of carbonyl (C=O) groups is 2. The molecule has 2 N–H and O–H groups in total. The first-order valence-electron chi connectivity index (χ1n) is 6.65. The van der Waals surface area contributed by atoms with Gasteiger partial charge in [0, 0.05) is 35.7 Å². The normalized spacial score (nSPS) is 11.4. The summed E-state index contributed by atoms with van der Waals surface area (Å²) in [7, 11) is 0. The monoisotopic (exact) mass is 307 g/mol. The zero-order valence-corrected chi connectivity index (χ0v) is 13.4. The zero-order chi connectivity index (χ0) is 15.9. The van der Waals surface area contributed by atoms with Crippen molar-refractivity contribution in [1.82, 2.24) is 15.6 Å². The molecular weight excluding hydrogens is 286 g/mol. The van der Waals surface area contributed by atoms with Crippen molar-refractivity contribution < 1.29 is 9.59 Å². The molecule has 2 amide bonds. The highest BCUT2D eigenvalue weighted by atomic mass is 32.1. The third-order valence-electron chi connectivity index (χ3n) is 2.47. The molecule has 0 aliphatic carbocycles. The van der Waals surface area contributed by atoms with Crippen molar-refractivity contribution in [2.75, 3.05) is 13.1 Å². The van der Waals surface area contributed by atoms with E-state index in [-0.39, 0.29) is 17.2 Å². The van der Waals surface area contributed by atoms with Crippen LogP contribution < -0.4 is 10.6 Å². The molecule has 0 unspecified atom stereocenters. The quantitative estimate of drug-likeness (QED) is 0.622. The summed E-state index contributed by atoms with van der Waals surface area (Å²) in [6, 6.07) is 0. The molecule has 5 nitrogen and oxygen atoms in total. The zero-order valence-electron chi connectivity index (χ0n) is 12.6. The SMILES string of the molecule is C=CC(=O)NCCNC(=O)C=Cc1cnc(C(C)(C)C)s1. The van der Waals surface area contributed by atoms with Gasteiger partial charge in [-0.25, -0.2) is 4.98 Å². The molecule has 1 aromatic rings. The van der Waals surface area contributed by atoms with Crippen LogP contribution in [0.3, 0.4) is 0 Å². The Balaban J connectivity index is 2.39. The lowest BCUT2D eigenvalue weighted by atomic mass is 9.98. The Morgan fingerprint density at radius 3 is 2.43 bits per heavy atom. The Labute approximate surface area is 129 Å². The second-order valence-corrected chi connectivity index (χ2v) is 6.50. The van der Waals surface area contributed by atoms with Crippen molar-refractivity contribution in [3.05, 3.63) is 34.8 Å². The van der Waals surface area contributed by atoms with E-state index in [9.17, 15) is 9.59 Å². The summed E-state index contributed by atoms with van der Waals surface area (Å²) >= 11 is 1.57. The van der Waals surface area contributed by atoms with Crippen molar-refractivity contribution in [3.8, 4) is 0 Å². The summed E-state index contributed by atoms with van der Waals surface area (Å²) in [4.78, 5) is 27.8. The van der Waals surface area contributed by atoms with Crippen molar-refractivity contribution in [1.29, 1.82) is 0 Å². The van der Waals surface area contributed by atoms with E-state index in [0.29, 0.717) is 13.1 Å². The van der Waals surface area contributed by atoms with Gasteiger partial charge in [0.05, 0.1) is 5.01 Å². The number of hydrogen-bond acceptors (Lipinski definition) is 4. The van der Waals surface area contributed by atoms with Gasteiger partial charge in [0.15, 0.2) is 0 Å². The van der Waals surface area contributed by atoms with Gasteiger partial charge in [0.2, 0.25) is 11.8 Å². The maximum Gasteiger partial charge on any atom is 0.244 e. The molecule has 0 aromatic carbocycles. The van der Waals surface area contributed by atoms with Crippen molar-refractivity contribution in [2.45, 2.75) is 26.2 Å². The number of aromatic nitrogens is 1. The fourth-order valence-corrected chi connectivity index (χ4v) is 2.25. The van der Waals surface area contributed by atoms with Gasteiger partial charge in [0.1, 0.15) is 0 Å². The van der Waals surface area contributed by atoms with E-state index in [4.69, 9.17) is 0 Å². The Kier molecular flexibility index (Phi) is 6.30. The van der Waals surface area contributed by atoms with Crippen LogP contribution in [0, 0.1) is 0 Å². The number of amides is 2. The lowest BCUT2D eigenvalue weighted by Crippen LogP contribution is -2.33. The van der Waals surface area contributed by atoms with Gasteiger partial charge in [-0.2, -0.15) is 0 Å². The molecule has 0 saturated heterocycles. The van der Waals surface area contributed by atoms with E-state index in [2.05, 4.69) is 43.0 Å². The fraction of sp³-hybridized carbons (Fsp3) is 0.400. The van der Waals surface area contributed by atoms with Crippen molar-refractivity contribution >= 4 is 29.2 Å². The maximum absolute atomic E-state index is 11.6. The van der Waals surface area contributed by atoms with Gasteiger partial charge in [-0.1, -0.05) is 27.4 Å². The largest absolute Gasteiger partial charge is 0.351 e. The first-order valence-corrected chi connectivity index (χ1v) is 7.47. The number of hydrogen-bond donors (Lipinski definition) is 2. The van der Waals surface area contributed by atoms with Crippen LogP contribution in [0.2, 0.25) is 0 Å². The predicted octanol–water partition coefficient (Wildman–Crippen LogP) is 1.87. The molecule has 0 atom stereocenters. The average molecular weight is 307 g/mol. The lowest BCUT2D eigenvalue weighted by molar-refractivity contribution is -0.118. The van der Waals surface area contributed by atoms with E-state index in [0.717, 1.165) is 9.88 Å². The summed E-state index contributed by atoms with van der Waals surface area (Å²) in [5.74, 6) is -0.451. The average Bonchev–Trinajstić information content (AvgIpc) is 2.90. The van der Waals surface area contributed by atoms with Gasteiger partial charge in [-0.15, -0.1) is 11.3 Å². The molecule has 0 aliphatic rings. The first-order chi connectivity index (χ1) is 9.82.